The van der Waals surface area contributed by atoms with Crippen molar-refractivity contribution in [3.05, 3.63) is 29.3 Å². The van der Waals surface area contributed by atoms with E-state index in [-0.39, 0.29) is 5.91 Å². The highest BCUT2D eigenvalue weighted by Crippen LogP contribution is 2.22. The summed E-state index contributed by atoms with van der Waals surface area (Å²) in [4.78, 5) is 12.2. The zero-order valence-corrected chi connectivity index (χ0v) is 12.1. The number of nitrogen functional groups attached to an aromatic ring is 1. The maximum absolute atomic E-state index is 12.2. The molecular formula is C14H21N3OS. The van der Waals surface area contributed by atoms with E-state index >= 15 is 0 Å². The number of benzene rings is 1. The molecule has 1 heterocycles. The summed E-state index contributed by atoms with van der Waals surface area (Å²) in [5, 5.41) is 3.03. The van der Waals surface area contributed by atoms with Gasteiger partial charge in [-0.1, -0.05) is 11.6 Å². The summed E-state index contributed by atoms with van der Waals surface area (Å²) in [7, 11) is 0. The van der Waals surface area contributed by atoms with E-state index in [0.29, 0.717) is 17.2 Å². The van der Waals surface area contributed by atoms with E-state index in [9.17, 15) is 4.79 Å². The van der Waals surface area contributed by atoms with Crippen LogP contribution in [0.1, 0.15) is 28.8 Å². The van der Waals surface area contributed by atoms with Gasteiger partial charge in [0.05, 0.1) is 11.3 Å². The number of nitrogens with two attached hydrogens (primary N) is 1. The number of thioether (sulfide) groups is 1. The highest BCUT2D eigenvalue weighted by molar-refractivity contribution is 7.99. The molecule has 0 aliphatic carbocycles. The van der Waals surface area contributed by atoms with Crippen LogP contribution < -0.4 is 16.6 Å². The minimum atomic E-state index is -0.0464. The summed E-state index contributed by atoms with van der Waals surface area (Å²) in [5.41, 5.74) is 4.92. The third-order valence-corrected chi connectivity index (χ3v) is 4.52. The van der Waals surface area contributed by atoms with Gasteiger partial charge >= 0.3 is 0 Å². The lowest BCUT2D eigenvalue weighted by atomic mass is 10.0. The van der Waals surface area contributed by atoms with Gasteiger partial charge in [0.25, 0.3) is 5.91 Å². The van der Waals surface area contributed by atoms with E-state index < -0.39 is 0 Å². The highest BCUT2D eigenvalue weighted by Gasteiger charge is 2.16. The standard InChI is InChI=1S/C14H21N3OS/c1-10-2-3-13(17-15)12(8-10)14(18)16-9-11-4-6-19-7-5-11/h2-3,8,11,17H,4-7,9,15H2,1H3,(H,16,18). The van der Waals surface area contributed by atoms with Crippen LogP contribution in [0.4, 0.5) is 5.69 Å². The largest absolute Gasteiger partial charge is 0.352 e. The van der Waals surface area contributed by atoms with Crippen molar-refractivity contribution in [2.45, 2.75) is 19.8 Å². The Kier molecular flexibility index (Phi) is 5.10. The van der Waals surface area contributed by atoms with Crippen LogP contribution in [-0.4, -0.2) is 24.0 Å². The second kappa shape index (κ2) is 6.82. The second-order valence-corrected chi connectivity index (χ2v) is 6.18. The fourth-order valence-electron chi connectivity index (χ4n) is 2.25. The fraction of sp³-hybridized carbons (Fsp3) is 0.500. The average molecular weight is 279 g/mol. The number of carbonyl (C=O) groups excluding carboxylic acids is 1. The molecule has 1 amide bonds. The number of carbonyl (C=O) groups is 1. The van der Waals surface area contributed by atoms with Crippen molar-refractivity contribution in [3.8, 4) is 0 Å². The molecule has 0 bridgehead atoms. The number of nitrogens with one attached hydrogen (secondary N) is 2. The minimum Gasteiger partial charge on any atom is -0.352 e. The third kappa shape index (κ3) is 3.88. The highest BCUT2D eigenvalue weighted by atomic mass is 32.2. The molecule has 104 valence electrons. The van der Waals surface area contributed by atoms with Crippen molar-refractivity contribution in [3.63, 3.8) is 0 Å². The Hall–Kier alpha value is -1.20. The number of anilines is 1. The number of hydrazine groups is 1. The molecule has 4 N–H and O–H groups in total. The van der Waals surface area contributed by atoms with Crippen LogP contribution in [0.2, 0.25) is 0 Å². The molecule has 0 unspecified atom stereocenters. The summed E-state index contributed by atoms with van der Waals surface area (Å²) in [6.45, 7) is 2.73. The molecule has 1 fully saturated rings. The Morgan fingerprint density at radius 2 is 2.16 bits per heavy atom. The van der Waals surface area contributed by atoms with Gasteiger partial charge in [-0.25, -0.2) is 0 Å². The molecule has 5 heteroatoms. The Morgan fingerprint density at radius 1 is 1.42 bits per heavy atom. The molecule has 0 saturated carbocycles. The molecule has 0 aromatic heterocycles. The van der Waals surface area contributed by atoms with Gasteiger partial charge < -0.3 is 10.7 Å². The first-order valence-electron chi connectivity index (χ1n) is 6.64. The maximum atomic E-state index is 12.2. The summed E-state index contributed by atoms with van der Waals surface area (Å²) in [5.74, 6) is 8.43. The number of amides is 1. The smallest absolute Gasteiger partial charge is 0.253 e. The van der Waals surface area contributed by atoms with E-state index in [1.165, 1.54) is 24.3 Å². The first-order valence-corrected chi connectivity index (χ1v) is 7.79. The predicted octanol–water partition coefficient (Wildman–Crippen LogP) is 2.15. The Labute approximate surface area is 118 Å². The van der Waals surface area contributed by atoms with Crippen molar-refractivity contribution in [1.29, 1.82) is 0 Å². The topological polar surface area (TPSA) is 67.1 Å². The Balaban J connectivity index is 1.97. The van der Waals surface area contributed by atoms with Gasteiger partial charge in [-0.3, -0.25) is 10.6 Å². The number of rotatable bonds is 4. The SMILES string of the molecule is Cc1ccc(NN)c(C(=O)NCC2CCSCC2)c1. The molecule has 1 aliphatic rings. The molecular weight excluding hydrogens is 258 g/mol. The van der Waals surface area contributed by atoms with Crippen molar-refractivity contribution in [2.24, 2.45) is 11.8 Å². The number of hydrogen-bond acceptors (Lipinski definition) is 4. The van der Waals surface area contributed by atoms with Crippen molar-refractivity contribution in [1.82, 2.24) is 5.32 Å². The van der Waals surface area contributed by atoms with Crippen molar-refractivity contribution >= 4 is 23.4 Å². The van der Waals surface area contributed by atoms with Crippen LogP contribution in [0.25, 0.3) is 0 Å². The van der Waals surface area contributed by atoms with Gasteiger partial charge in [0.1, 0.15) is 0 Å². The van der Waals surface area contributed by atoms with E-state index in [0.717, 1.165) is 12.1 Å². The summed E-state index contributed by atoms with van der Waals surface area (Å²) < 4.78 is 0. The third-order valence-electron chi connectivity index (χ3n) is 3.47. The molecule has 0 atom stereocenters. The van der Waals surface area contributed by atoms with Crippen molar-refractivity contribution < 1.29 is 4.79 Å². The normalized spacial score (nSPS) is 16.1. The molecule has 4 nitrogen and oxygen atoms in total. The zero-order chi connectivity index (χ0) is 13.7. The van der Waals surface area contributed by atoms with Crippen LogP contribution >= 0.6 is 11.8 Å². The summed E-state index contributed by atoms with van der Waals surface area (Å²) >= 11 is 2.00. The molecule has 0 spiro atoms. The minimum absolute atomic E-state index is 0.0464. The summed E-state index contributed by atoms with van der Waals surface area (Å²) in [6.07, 6.45) is 2.39. The van der Waals surface area contributed by atoms with Gasteiger partial charge in [0, 0.05) is 6.54 Å². The summed E-state index contributed by atoms with van der Waals surface area (Å²) in [6, 6.07) is 5.63. The number of aryl methyl sites for hydroxylation is 1. The fourth-order valence-corrected chi connectivity index (χ4v) is 3.46. The first kappa shape index (κ1) is 14.2. The molecule has 1 saturated heterocycles. The van der Waals surface area contributed by atoms with Gasteiger partial charge in [-0.2, -0.15) is 11.8 Å². The second-order valence-electron chi connectivity index (χ2n) is 4.96. The number of hydrogen-bond donors (Lipinski definition) is 3. The zero-order valence-electron chi connectivity index (χ0n) is 11.2. The first-order chi connectivity index (χ1) is 9.20. The quantitative estimate of drug-likeness (QED) is 0.583. The maximum Gasteiger partial charge on any atom is 0.253 e. The van der Waals surface area contributed by atoms with E-state index in [2.05, 4.69) is 10.7 Å². The molecule has 1 aliphatic heterocycles. The molecule has 1 aromatic rings. The lowest BCUT2D eigenvalue weighted by molar-refractivity contribution is 0.0947. The van der Waals surface area contributed by atoms with Gasteiger partial charge in [0.2, 0.25) is 0 Å². The monoisotopic (exact) mass is 279 g/mol. The lowest BCUT2D eigenvalue weighted by Crippen LogP contribution is -2.31. The molecule has 19 heavy (non-hydrogen) atoms. The van der Waals surface area contributed by atoms with E-state index in [1.54, 1.807) is 0 Å². The Bertz CT molecular complexity index is 444. The Morgan fingerprint density at radius 3 is 2.84 bits per heavy atom. The van der Waals surface area contributed by atoms with Gasteiger partial charge in [0.15, 0.2) is 0 Å². The van der Waals surface area contributed by atoms with E-state index in [1.807, 2.05) is 36.9 Å². The van der Waals surface area contributed by atoms with Crippen LogP contribution in [0.15, 0.2) is 18.2 Å². The molecule has 1 aromatic carbocycles. The predicted molar refractivity (Wildman–Crippen MR) is 81.4 cm³/mol. The van der Waals surface area contributed by atoms with Crippen LogP contribution in [0.3, 0.4) is 0 Å². The van der Waals surface area contributed by atoms with Gasteiger partial charge in [-0.05, 0) is 49.3 Å². The van der Waals surface area contributed by atoms with Crippen LogP contribution in [0.5, 0.6) is 0 Å². The van der Waals surface area contributed by atoms with E-state index in [4.69, 9.17) is 5.84 Å². The van der Waals surface area contributed by atoms with Crippen LogP contribution in [-0.2, 0) is 0 Å². The molecule has 0 radical (unpaired) electrons. The van der Waals surface area contributed by atoms with Crippen molar-refractivity contribution in [2.75, 3.05) is 23.5 Å². The van der Waals surface area contributed by atoms with Gasteiger partial charge in [-0.15, -0.1) is 0 Å². The average Bonchev–Trinajstić information content (AvgIpc) is 2.46. The lowest BCUT2D eigenvalue weighted by Gasteiger charge is -2.21. The molecule has 2 rings (SSSR count). The van der Waals surface area contributed by atoms with Crippen LogP contribution in [0, 0.1) is 12.8 Å².